The molecule has 2 rings (SSSR count). The van der Waals surface area contributed by atoms with Crippen molar-refractivity contribution in [3.63, 3.8) is 0 Å². The maximum absolute atomic E-state index is 7.34. The van der Waals surface area contributed by atoms with Crippen LogP contribution in [0, 0.1) is 5.41 Å². The van der Waals surface area contributed by atoms with Crippen LogP contribution >= 0.6 is 34.8 Å². The normalized spacial score (nSPS) is 10.3. The molecule has 0 aliphatic heterocycles. The second-order valence-electron chi connectivity index (χ2n) is 3.71. The topological polar surface area (TPSA) is 59.1 Å². The molecular weight excluding hydrogens is 307 g/mol. The summed E-state index contributed by atoms with van der Waals surface area (Å²) in [7, 11) is 0. The Bertz CT molecular complexity index is 644. The monoisotopic (exact) mass is 314 g/mol. The molecule has 0 atom stereocenters. The van der Waals surface area contributed by atoms with Crippen molar-refractivity contribution in [1.29, 1.82) is 5.41 Å². The summed E-state index contributed by atoms with van der Waals surface area (Å²) in [6.07, 6.45) is 0. The minimum atomic E-state index is -0.0997. The Balaban J connectivity index is 2.32. The summed E-state index contributed by atoms with van der Waals surface area (Å²) in [4.78, 5) is 0. The van der Waals surface area contributed by atoms with Crippen LogP contribution in [0.2, 0.25) is 15.1 Å². The lowest BCUT2D eigenvalue weighted by molar-refractivity contribution is 0.483. The number of amidine groups is 1. The van der Waals surface area contributed by atoms with Gasteiger partial charge in [0.05, 0.1) is 10.0 Å². The van der Waals surface area contributed by atoms with Crippen LogP contribution in [0.3, 0.4) is 0 Å². The van der Waals surface area contributed by atoms with Gasteiger partial charge in [0.25, 0.3) is 0 Å². The summed E-state index contributed by atoms with van der Waals surface area (Å²) < 4.78 is 5.59. The summed E-state index contributed by atoms with van der Waals surface area (Å²) in [5, 5.41) is 8.42. The summed E-state index contributed by atoms with van der Waals surface area (Å²) >= 11 is 17.9. The molecule has 0 amide bonds. The van der Waals surface area contributed by atoms with Crippen molar-refractivity contribution < 1.29 is 4.74 Å². The zero-order valence-electron chi connectivity index (χ0n) is 9.58. The van der Waals surface area contributed by atoms with Gasteiger partial charge < -0.3 is 10.5 Å². The molecule has 0 saturated heterocycles. The summed E-state index contributed by atoms with van der Waals surface area (Å²) in [6.45, 7) is 0. The number of nitrogen functional groups attached to an aromatic ring is 1. The van der Waals surface area contributed by atoms with Crippen molar-refractivity contribution in [2.75, 3.05) is 0 Å². The van der Waals surface area contributed by atoms with Crippen LogP contribution in [-0.2, 0) is 0 Å². The summed E-state index contributed by atoms with van der Waals surface area (Å²) in [5.41, 5.74) is 5.83. The van der Waals surface area contributed by atoms with E-state index in [0.29, 0.717) is 32.1 Å². The van der Waals surface area contributed by atoms with E-state index in [1.807, 2.05) is 0 Å². The molecule has 0 heterocycles. The number of ether oxygens (including phenoxy) is 1. The molecule has 0 aliphatic rings. The van der Waals surface area contributed by atoms with Gasteiger partial charge in [-0.25, -0.2) is 0 Å². The van der Waals surface area contributed by atoms with Crippen LogP contribution in [0.15, 0.2) is 36.4 Å². The zero-order chi connectivity index (χ0) is 14.0. The predicted molar refractivity (Wildman–Crippen MR) is 79.0 cm³/mol. The Hall–Kier alpha value is -1.42. The molecule has 3 N–H and O–H groups in total. The zero-order valence-corrected chi connectivity index (χ0v) is 11.9. The first-order chi connectivity index (χ1) is 8.99. The fraction of sp³-hybridized carbons (Fsp3) is 0. The highest BCUT2D eigenvalue weighted by atomic mass is 35.5. The van der Waals surface area contributed by atoms with Crippen molar-refractivity contribution in [2.24, 2.45) is 5.73 Å². The molecule has 6 heteroatoms. The molecule has 3 nitrogen and oxygen atoms in total. The molecule has 2 aromatic rings. The van der Waals surface area contributed by atoms with E-state index >= 15 is 0 Å². The van der Waals surface area contributed by atoms with E-state index in [2.05, 4.69) is 0 Å². The fourth-order valence-electron chi connectivity index (χ4n) is 1.47. The van der Waals surface area contributed by atoms with E-state index in [0.717, 1.165) is 0 Å². The maximum atomic E-state index is 7.34. The number of nitrogens with one attached hydrogen (secondary N) is 1. The first-order valence-corrected chi connectivity index (χ1v) is 6.38. The highest BCUT2D eigenvalue weighted by Crippen LogP contribution is 2.35. The third kappa shape index (κ3) is 3.13. The molecule has 0 bridgehead atoms. The molecule has 0 spiro atoms. The predicted octanol–water partition coefficient (Wildman–Crippen LogP) is 4.72. The number of hydrogen-bond acceptors (Lipinski definition) is 2. The van der Waals surface area contributed by atoms with Crippen LogP contribution in [0.5, 0.6) is 11.5 Å². The first-order valence-electron chi connectivity index (χ1n) is 5.25. The van der Waals surface area contributed by atoms with E-state index in [1.54, 1.807) is 36.4 Å². The molecule has 0 fully saturated rings. The van der Waals surface area contributed by atoms with E-state index in [1.165, 1.54) is 0 Å². The van der Waals surface area contributed by atoms with Crippen molar-refractivity contribution in [1.82, 2.24) is 0 Å². The number of halogens is 3. The molecular formula is C13H9Cl3N2O. The van der Waals surface area contributed by atoms with Crippen molar-refractivity contribution in [3.8, 4) is 11.5 Å². The Morgan fingerprint density at radius 1 is 1.05 bits per heavy atom. The number of hydrogen-bond donors (Lipinski definition) is 2. The van der Waals surface area contributed by atoms with Crippen LogP contribution in [0.4, 0.5) is 0 Å². The van der Waals surface area contributed by atoms with Crippen LogP contribution < -0.4 is 10.5 Å². The number of nitrogens with two attached hydrogens (primary N) is 1. The molecule has 2 aromatic carbocycles. The van der Waals surface area contributed by atoms with Gasteiger partial charge in [0.1, 0.15) is 22.4 Å². The third-order valence-electron chi connectivity index (χ3n) is 2.37. The Labute approximate surface area is 125 Å². The quantitative estimate of drug-likeness (QED) is 0.636. The van der Waals surface area contributed by atoms with Crippen LogP contribution in [0.25, 0.3) is 0 Å². The minimum absolute atomic E-state index is 0.0997. The summed E-state index contributed by atoms with van der Waals surface area (Å²) in [5.74, 6) is 0.817. The van der Waals surface area contributed by atoms with E-state index in [4.69, 9.17) is 50.7 Å². The maximum Gasteiger partial charge on any atom is 0.147 e. The third-order valence-corrected chi connectivity index (χ3v) is 3.49. The van der Waals surface area contributed by atoms with Gasteiger partial charge >= 0.3 is 0 Å². The highest BCUT2D eigenvalue weighted by molar-refractivity contribution is 6.42. The Kier molecular flexibility index (Phi) is 4.20. The molecule has 0 aliphatic carbocycles. The van der Waals surface area contributed by atoms with E-state index in [-0.39, 0.29) is 5.84 Å². The highest BCUT2D eigenvalue weighted by Gasteiger charge is 2.09. The van der Waals surface area contributed by atoms with Gasteiger partial charge in [-0.1, -0.05) is 40.9 Å². The molecule has 98 valence electrons. The van der Waals surface area contributed by atoms with Crippen molar-refractivity contribution in [3.05, 3.63) is 57.0 Å². The second kappa shape index (κ2) is 5.70. The van der Waals surface area contributed by atoms with Gasteiger partial charge in [-0.15, -0.1) is 0 Å². The lowest BCUT2D eigenvalue weighted by atomic mass is 10.2. The van der Waals surface area contributed by atoms with Crippen molar-refractivity contribution >= 4 is 40.6 Å². The lowest BCUT2D eigenvalue weighted by Gasteiger charge is -2.10. The molecule has 0 aromatic heterocycles. The average molecular weight is 316 g/mol. The van der Waals surface area contributed by atoms with Gasteiger partial charge in [0.2, 0.25) is 0 Å². The first kappa shape index (κ1) is 14.0. The molecule has 0 radical (unpaired) electrons. The minimum Gasteiger partial charge on any atom is -0.456 e. The Morgan fingerprint density at radius 3 is 2.42 bits per heavy atom. The molecule has 0 saturated carbocycles. The van der Waals surface area contributed by atoms with Crippen LogP contribution in [0.1, 0.15) is 5.56 Å². The second-order valence-corrected chi connectivity index (χ2v) is 4.90. The SMILES string of the molecule is N=C(N)c1ccc(Oc2cccc(Cl)c2Cl)cc1Cl. The number of rotatable bonds is 3. The summed E-state index contributed by atoms with van der Waals surface area (Å²) in [6, 6.07) is 9.92. The standard InChI is InChI=1S/C13H9Cl3N2O/c14-9-2-1-3-11(12(9)16)19-7-4-5-8(13(17)18)10(15)6-7/h1-6H,(H3,17,18). The van der Waals surface area contributed by atoms with Gasteiger partial charge in [0.15, 0.2) is 0 Å². The van der Waals surface area contributed by atoms with Gasteiger partial charge in [-0.05, 0) is 24.3 Å². The lowest BCUT2D eigenvalue weighted by Crippen LogP contribution is -2.11. The number of benzene rings is 2. The molecule has 19 heavy (non-hydrogen) atoms. The van der Waals surface area contributed by atoms with Gasteiger partial charge in [-0.2, -0.15) is 0 Å². The fourth-order valence-corrected chi connectivity index (χ4v) is 2.07. The van der Waals surface area contributed by atoms with E-state index in [9.17, 15) is 0 Å². The average Bonchev–Trinajstić information content (AvgIpc) is 2.34. The Morgan fingerprint density at radius 2 is 1.79 bits per heavy atom. The smallest absolute Gasteiger partial charge is 0.147 e. The van der Waals surface area contributed by atoms with Crippen molar-refractivity contribution in [2.45, 2.75) is 0 Å². The largest absolute Gasteiger partial charge is 0.456 e. The van der Waals surface area contributed by atoms with Crippen LogP contribution in [-0.4, -0.2) is 5.84 Å². The van der Waals surface area contributed by atoms with Gasteiger partial charge in [-0.3, -0.25) is 5.41 Å². The molecule has 0 unspecified atom stereocenters. The van der Waals surface area contributed by atoms with E-state index < -0.39 is 0 Å². The van der Waals surface area contributed by atoms with Gasteiger partial charge in [0, 0.05) is 11.6 Å².